The van der Waals surface area contributed by atoms with E-state index in [9.17, 15) is 10.0 Å². The van der Waals surface area contributed by atoms with Gasteiger partial charge in [-0.25, -0.2) is 9.86 Å². The van der Waals surface area contributed by atoms with E-state index in [0.717, 1.165) is 4.90 Å². The molecule has 1 aromatic rings. The largest absolute Gasteiger partial charge is 0.345 e. The standard InChI is InChI=1S/C12H18N2O2S/c1-9(2)8-14(16)12(15)13-10-5-4-6-11(7-10)17-3/h4-7,9,16H,8H2,1-3H3,(H,13,15). The molecule has 2 amide bonds. The van der Waals surface area contributed by atoms with Gasteiger partial charge in [0.05, 0.1) is 6.54 Å². The summed E-state index contributed by atoms with van der Waals surface area (Å²) in [5.41, 5.74) is 0.685. The number of hydrogen-bond acceptors (Lipinski definition) is 3. The zero-order valence-corrected chi connectivity index (χ0v) is 11.1. The zero-order chi connectivity index (χ0) is 12.8. The molecule has 0 saturated carbocycles. The maximum Gasteiger partial charge on any atom is 0.345 e. The first-order valence-electron chi connectivity index (χ1n) is 5.44. The molecule has 2 N–H and O–H groups in total. The Labute approximate surface area is 106 Å². The van der Waals surface area contributed by atoms with Crippen molar-refractivity contribution in [3.05, 3.63) is 24.3 Å². The molecule has 17 heavy (non-hydrogen) atoms. The van der Waals surface area contributed by atoms with Crippen LogP contribution in [0.2, 0.25) is 0 Å². The highest BCUT2D eigenvalue weighted by molar-refractivity contribution is 7.98. The minimum absolute atomic E-state index is 0.225. The monoisotopic (exact) mass is 254 g/mol. The lowest BCUT2D eigenvalue weighted by Crippen LogP contribution is -2.34. The average Bonchev–Trinajstić information content (AvgIpc) is 2.28. The van der Waals surface area contributed by atoms with Crippen molar-refractivity contribution in [2.45, 2.75) is 18.7 Å². The number of benzene rings is 1. The lowest BCUT2D eigenvalue weighted by Gasteiger charge is -2.17. The second kappa shape index (κ2) is 6.51. The van der Waals surface area contributed by atoms with Crippen LogP contribution in [0.15, 0.2) is 29.2 Å². The van der Waals surface area contributed by atoms with E-state index in [2.05, 4.69) is 5.32 Å². The Hall–Kier alpha value is -1.20. The number of nitrogens with zero attached hydrogens (tertiary/aromatic N) is 1. The van der Waals surface area contributed by atoms with Gasteiger partial charge in [-0.3, -0.25) is 5.21 Å². The molecular formula is C12H18N2O2S. The van der Waals surface area contributed by atoms with Crippen LogP contribution < -0.4 is 5.32 Å². The number of urea groups is 1. The molecule has 0 aliphatic heterocycles. The Morgan fingerprint density at radius 3 is 2.82 bits per heavy atom. The predicted molar refractivity (Wildman–Crippen MR) is 70.6 cm³/mol. The summed E-state index contributed by atoms with van der Waals surface area (Å²) in [6.07, 6.45) is 1.97. The minimum Gasteiger partial charge on any atom is -0.306 e. The summed E-state index contributed by atoms with van der Waals surface area (Å²) in [6, 6.07) is 6.99. The maximum absolute atomic E-state index is 11.6. The van der Waals surface area contributed by atoms with Crippen LogP contribution in [0.4, 0.5) is 10.5 Å². The first-order chi connectivity index (χ1) is 8.02. The maximum atomic E-state index is 11.6. The third-order valence-corrected chi connectivity index (χ3v) is 2.82. The summed E-state index contributed by atoms with van der Waals surface area (Å²) >= 11 is 1.60. The predicted octanol–water partition coefficient (Wildman–Crippen LogP) is 3.29. The Kier molecular flexibility index (Phi) is 5.31. The molecule has 1 aromatic carbocycles. The normalized spacial score (nSPS) is 10.4. The molecule has 0 fully saturated rings. The van der Waals surface area contributed by atoms with Crippen molar-refractivity contribution >= 4 is 23.5 Å². The number of anilines is 1. The van der Waals surface area contributed by atoms with Gasteiger partial charge >= 0.3 is 6.03 Å². The fraction of sp³-hybridized carbons (Fsp3) is 0.417. The summed E-state index contributed by atoms with van der Waals surface area (Å²) in [5.74, 6) is 0.225. The van der Waals surface area contributed by atoms with E-state index in [0.29, 0.717) is 17.3 Å². The van der Waals surface area contributed by atoms with Crippen molar-refractivity contribution < 1.29 is 10.0 Å². The highest BCUT2D eigenvalue weighted by atomic mass is 32.2. The van der Waals surface area contributed by atoms with E-state index < -0.39 is 6.03 Å². The number of hydrogen-bond donors (Lipinski definition) is 2. The molecule has 0 radical (unpaired) electrons. The topological polar surface area (TPSA) is 52.6 Å². The third-order valence-electron chi connectivity index (χ3n) is 2.09. The van der Waals surface area contributed by atoms with E-state index in [-0.39, 0.29) is 5.92 Å². The van der Waals surface area contributed by atoms with Crippen molar-refractivity contribution in [1.29, 1.82) is 0 Å². The number of amides is 2. The van der Waals surface area contributed by atoms with E-state index in [1.807, 2.05) is 38.3 Å². The lowest BCUT2D eigenvalue weighted by atomic mass is 10.2. The molecule has 0 aliphatic carbocycles. The summed E-state index contributed by atoms with van der Waals surface area (Å²) in [7, 11) is 0. The van der Waals surface area contributed by atoms with Gasteiger partial charge in [-0.1, -0.05) is 19.9 Å². The number of nitrogens with one attached hydrogen (secondary N) is 1. The van der Waals surface area contributed by atoms with Crippen LogP contribution in [0.5, 0.6) is 0 Å². The quantitative estimate of drug-likeness (QED) is 0.492. The molecule has 94 valence electrons. The van der Waals surface area contributed by atoms with Crippen molar-refractivity contribution in [2.24, 2.45) is 5.92 Å². The molecule has 0 aliphatic rings. The average molecular weight is 254 g/mol. The number of hydroxylamine groups is 2. The molecule has 1 rings (SSSR count). The fourth-order valence-corrected chi connectivity index (χ4v) is 1.78. The molecule has 0 bridgehead atoms. The molecule has 4 nitrogen and oxygen atoms in total. The van der Waals surface area contributed by atoms with Gasteiger partial charge in [0, 0.05) is 10.6 Å². The highest BCUT2D eigenvalue weighted by Crippen LogP contribution is 2.19. The smallest absolute Gasteiger partial charge is 0.306 e. The van der Waals surface area contributed by atoms with Gasteiger partial charge in [0.1, 0.15) is 0 Å². The SMILES string of the molecule is CSc1cccc(NC(=O)N(O)CC(C)C)c1. The van der Waals surface area contributed by atoms with Gasteiger partial charge in [-0.2, -0.15) is 0 Å². The van der Waals surface area contributed by atoms with Gasteiger partial charge in [-0.05, 0) is 30.4 Å². The lowest BCUT2D eigenvalue weighted by molar-refractivity contribution is -0.0453. The van der Waals surface area contributed by atoms with Crippen molar-refractivity contribution in [3.63, 3.8) is 0 Å². The van der Waals surface area contributed by atoms with Crippen molar-refractivity contribution in [1.82, 2.24) is 5.06 Å². The van der Waals surface area contributed by atoms with Crippen LogP contribution in [-0.2, 0) is 0 Å². The highest BCUT2D eigenvalue weighted by Gasteiger charge is 2.12. The molecule has 0 aromatic heterocycles. The van der Waals surface area contributed by atoms with Crippen molar-refractivity contribution in [3.8, 4) is 0 Å². The van der Waals surface area contributed by atoms with Crippen LogP contribution in [-0.4, -0.2) is 29.1 Å². The number of rotatable bonds is 4. The van der Waals surface area contributed by atoms with Gasteiger partial charge < -0.3 is 5.32 Å². The van der Waals surface area contributed by atoms with Crippen LogP contribution in [0.3, 0.4) is 0 Å². The summed E-state index contributed by atoms with van der Waals surface area (Å²) in [5, 5.41) is 12.8. The minimum atomic E-state index is -0.503. The Morgan fingerprint density at radius 2 is 2.24 bits per heavy atom. The second-order valence-electron chi connectivity index (χ2n) is 4.14. The first-order valence-corrected chi connectivity index (χ1v) is 6.67. The Balaban J connectivity index is 2.61. The molecule has 0 heterocycles. The summed E-state index contributed by atoms with van der Waals surface area (Å²) in [4.78, 5) is 12.7. The molecular weight excluding hydrogens is 236 g/mol. The van der Waals surface area contributed by atoms with Crippen LogP contribution in [0, 0.1) is 5.92 Å². The Morgan fingerprint density at radius 1 is 1.53 bits per heavy atom. The molecule has 0 spiro atoms. The number of carbonyl (C=O) groups is 1. The van der Waals surface area contributed by atoms with Crippen LogP contribution >= 0.6 is 11.8 Å². The zero-order valence-electron chi connectivity index (χ0n) is 10.3. The second-order valence-corrected chi connectivity index (χ2v) is 5.02. The summed E-state index contributed by atoms with van der Waals surface area (Å²) in [6.45, 7) is 4.18. The summed E-state index contributed by atoms with van der Waals surface area (Å²) < 4.78 is 0. The number of carbonyl (C=O) groups excluding carboxylic acids is 1. The van der Waals surface area contributed by atoms with Gasteiger partial charge in [-0.15, -0.1) is 11.8 Å². The first kappa shape index (κ1) is 13.9. The Bertz CT molecular complexity index is 383. The van der Waals surface area contributed by atoms with Crippen molar-refractivity contribution in [2.75, 3.05) is 18.1 Å². The van der Waals surface area contributed by atoms with Crippen LogP contribution in [0.1, 0.15) is 13.8 Å². The third kappa shape index (κ3) is 4.66. The van der Waals surface area contributed by atoms with E-state index >= 15 is 0 Å². The number of thioether (sulfide) groups is 1. The van der Waals surface area contributed by atoms with Gasteiger partial charge in [0.2, 0.25) is 0 Å². The van der Waals surface area contributed by atoms with Gasteiger partial charge in [0.15, 0.2) is 0 Å². The molecule has 0 unspecified atom stereocenters. The van der Waals surface area contributed by atoms with Gasteiger partial charge in [0.25, 0.3) is 0 Å². The molecule has 5 heteroatoms. The fourth-order valence-electron chi connectivity index (χ4n) is 1.32. The molecule has 0 atom stereocenters. The molecule has 0 saturated heterocycles. The van der Waals surface area contributed by atoms with E-state index in [1.54, 1.807) is 17.8 Å². The van der Waals surface area contributed by atoms with Crippen LogP contribution in [0.25, 0.3) is 0 Å². The van der Waals surface area contributed by atoms with E-state index in [4.69, 9.17) is 0 Å². The van der Waals surface area contributed by atoms with E-state index in [1.165, 1.54) is 0 Å².